The summed E-state index contributed by atoms with van der Waals surface area (Å²) in [5.74, 6) is -1.95. The standard InChI is InChI=1S/C15H16FNO4/c1-8-5-12(8)15(20)21-7-14(19)11-4-3-10(6-13(11)16)17-9(2)18/h3-4,6,8,12H,5,7H2,1-2H3,(H,17,18)/t8-,12-/m0/s1. The highest BCUT2D eigenvalue weighted by Crippen LogP contribution is 2.38. The number of anilines is 1. The molecule has 1 aromatic rings. The number of ether oxygens (including phenoxy) is 1. The van der Waals surface area contributed by atoms with Gasteiger partial charge in [0.05, 0.1) is 11.5 Å². The normalized spacial score (nSPS) is 19.8. The van der Waals surface area contributed by atoms with Crippen LogP contribution >= 0.6 is 0 Å². The highest BCUT2D eigenvalue weighted by molar-refractivity contribution is 5.99. The van der Waals surface area contributed by atoms with Crippen LogP contribution in [0.2, 0.25) is 0 Å². The first-order valence-electron chi connectivity index (χ1n) is 6.65. The Morgan fingerprint density at radius 2 is 2.05 bits per heavy atom. The number of rotatable bonds is 5. The molecule has 1 aromatic carbocycles. The molecule has 1 N–H and O–H groups in total. The van der Waals surface area contributed by atoms with Gasteiger partial charge in [0.2, 0.25) is 11.7 Å². The summed E-state index contributed by atoms with van der Waals surface area (Å²) in [5.41, 5.74) is 0.0982. The van der Waals surface area contributed by atoms with Crippen molar-refractivity contribution in [2.75, 3.05) is 11.9 Å². The first-order valence-corrected chi connectivity index (χ1v) is 6.65. The van der Waals surface area contributed by atoms with Gasteiger partial charge in [-0.25, -0.2) is 4.39 Å². The summed E-state index contributed by atoms with van der Waals surface area (Å²) in [6.07, 6.45) is 0.771. The van der Waals surface area contributed by atoms with Crippen LogP contribution in [0.3, 0.4) is 0 Å². The number of amides is 1. The SMILES string of the molecule is CC(=O)Nc1ccc(C(=O)COC(=O)[C@H]2C[C@@H]2C)c(F)c1. The van der Waals surface area contributed by atoms with Gasteiger partial charge in [0.1, 0.15) is 5.82 Å². The summed E-state index contributed by atoms with van der Waals surface area (Å²) < 4.78 is 18.7. The molecule has 2 rings (SSSR count). The van der Waals surface area contributed by atoms with E-state index in [-0.39, 0.29) is 23.1 Å². The van der Waals surface area contributed by atoms with Crippen molar-refractivity contribution in [2.45, 2.75) is 20.3 Å². The van der Waals surface area contributed by atoms with E-state index in [1.54, 1.807) is 0 Å². The van der Waals surface area contributed by atoms with Crippen LogP contribution in [0.4, 0.5) is 10.1 Å². The van der Waals surface area contributed by atoms with Crippen LogP contribution in [0, 0.1) is 17.7 Å². The van der Waals surface area contributed by atoms with E-state index in [9.17, 15) is 18.8 Å². The molecule has 1 saturated carbocycles. The number of Topliss-reactive ketones (excluding diaryl/α,β-unsaturated/α-hetero) is 1. The van der Waals surface area contributed by atoms with Gasteiger partial charge in [-0.15, -0.1) is 0 Å². The van der Waals surface area contributed by atoms with Gasteiger partial charge in [-0.3, -0.25) is 14.4 Å². The zero-order valence-electron chi connectivity index (χ0n) is 11.8. The molecule has 0 bridgehead atoms. The lowest BCUT2D eigenvalue weighted by Gasteiger charge is -2.07. The van der Waals surface area contributed by atoms with E-state index in [0.29, 0.717) is 5.92 Å². The summed E-state index contributed by atoms with van der Waals surface area (Å²) in [6, 6.07) is 3.73. The molecule has 0 spiro atoms. The summed E-state index contributed by atoms with van der Waals surface area (Å²) in [7, 11) is 0. The fourth-order valence-corrected chi connectivity index (χ4v) is 1.99. The van der Waals surface area contributed by atoms with Crippen molar-refractivity contribution in [3.63, 3.8) is 0 Å². The maximum atomic E-state index is 13.8. The van der Waals surface area contributed by atoms with E-state index in [1.807, 2.05) is 6.92 Å². The molecule has 1 amide bonds. The molecule has 0 unspecified atom stereocenters. The van der Waals surface area contributed by atoms with Crippen LogP contribution in [0.1, 0.15) is 30.6 Å². The summed E-state index contributed by atoms with van der Waals surface area (Å²) in [6.45, 7) is 2.75. The second-order valence-electron chi connectivity index (χ2n) is 5.23. The minimum atomic E-state index is -0.762. The molecule has 0 aromatic heterocycles. The van der Waals surface area contributed by atoms with E-state index >= 15 is 0 Å². The lowest BCUT2D eigenvalue weighted by molar-refractivity contribution is -0.144. The summed E-state index contributed by atoms with van der Waals surface area (Å²) in [5, 5.41) is 2.41. The Morgan fingerprint density at radius 3 is 2.57 bits per heavy atom. The molecule has 6 heteroatoms. The first-order chi connectivity index (χ1) is 9.88. The minimum Gasteiger partial charge on any atom is -0.457 e. The predicted octanol–water partition coefficient (Wildman–Crippen LogP) is 2.17. The van der Waals surface area contributed by atoms with Crippen LogP contribution in [0.5, 0.6) is 0 Å². The van der Waals surface area contributed by atoms with Crippen molar-refractivity contribution < 1.29 is 23.5 Å². The van der Waals surface area contributed by atoms with Crippen LogP contribution < -0.4 is 5.32 Å². The molecule has 2 atom stereocenters. The number of hydrogen-bond acceptors (Lipinski definition) is 4. The van der Waals surface area contributed by atoms with Gasteiger partial charge < -0.3 is 10.1 Å². The molecule has 0 saturated heterocycles. The van der Waals surface area contributed by atoms with Gasteiger partial charge in [0, 0.05) is 12.6 Å². The highest BCUT2D eigenvalue weighted by Gasteiger charge is 2.40. The summed E-state index contributed by atoms with van der Waals surface area (Å²) in [4.78, 5) is 34.2. The van der Waals surface area contributed by atoms with E-state index in [1.165, 1.54) is 19.1 Å². The second-order valence-corrected chi connectivity index (χ2v) is 5.23. The average molecular weight is 293 g/mol. The number of carbonyl (C=O) groups is 3. The van der Waals surface area contributed by atoms with Crippen LogP contribution in [-0.2, 0) is 14.3 Å². The zero-order valence-corrected chi connectivity index (χ0v) is 11.8. The Hall–Kier alpha value is -2.24. The molecule has 21 heavy (non-hydrogen) atoms. The highest BCUT2D eigenvalue weighted by atomic mass is 19.1. The molecule has 1 aliphatic carbocycles. The van der Waals surface area contributed by atoms with Crippen molar-refractivity contribution in [3.05, 3.63) is 29.6 Å². The van der Waals surface area contributed by atoms with Crippen LogP contribution in [0.15, 0.2) is 18.2 Å². The lowest BCUT2D eigenvalue weighted by Crippen LogP contribution is -2.17. The van der Waals surface area contributed by atoms with E-state index in [2.05, 4.69) is 5.32 Å². The van der Waals surface area contributed by atoms with Gasteiger partial charge in [-0.1, -0.05) is 6.92 Å². The Bertz CT molecular complexity index is 599. The average Bonchev–Trinajstić information content (AvgIpc) is 3.12. The molecular weight excluding hydrogens is 277 g/mol. The number of ketones is 1. The molecule has 112 valence electrons. The zero-order chi connectivity index (χ0) is 15.6. The van der Waals surface area contributed by atoms with Gasteiger partial charge in [-0.05, 0) is 30.5 Å². The Kier molecular flexibility index (Phi) is 4.35. The molecule has 1 aliphatic rings. The molecule has 0 aliphatic heterocycles. The largest absolute Gasteiger partial charge is 0.457 e. The van der Waals surface area contributed by atoms with Crippen molar-refractivity contribution in [1.29, 1.82) is 0 Å². The topological polar surface area (TPSA) is 72.5 Å². The molecule has 1 fully saturated rings. The van der Waals surface area contributed by atoms with Gasteiger partial charge in [0.25, 0.3) is 0 Å². The fourth-order valence-electron chi connectivity index (χ4n) is 1.99. The molecule has 5 nitrogen and oxygen atoms in total. The summed E-state index contributed by atoms with van der Waals surface area (Å²) >= 11 is 0. The van der Waals surface area contributed by atoms with Gasteiger partial charge in [0.15, 0.2) is 6.61 Å². The first kappa shape index (κ1) is 15.2. The van der Waals surface area contributed by atoms with Crippen LogP contribution in [0.25, 0.3) is 0 Å². The van der Waals surface area contributed by atoms with Crippen molar-refractivity contribution in [3.8, 4) is 0 Å². The Labute approximate surface area is 121 Å². The number of carbonyl (C=O) groups excluding carboxylic acids is 3. The van der Waals surface area contributed by atoms with E-state index in [0.717, 1.165) is 12.5 Å². The molecular formula is C15H16FNO4. The number of halogens is 1. The van der Waals surface area contributed by atoms with Crippen molar-refractivity contribution in [2.24, 2.45) is 11.8 Å². The smallest absolute Gasteiger partial charge is 0.309 e. The maximum Gasteiger partial charge on any atom is 0.309 e. The predicted molar refractivity (Wildman–Crippen MR) is 73.3 cm³/mol. The number of esters is 1. The van der Waals surface area contributed by atoms with Crippen molar-refractivity contribution >= 4 is 23.3 Å². The monoisotopic (exact) mass is 293 g/mol. The van der Waals surface area contributed by atoms with E-state index < -0.39 is 24.2 Å². The third-order valence-electron chi connectivity index (χ3n) is 3.35. The third-order valence-corrected chi connectivity index (χ3v) is 3.35. The van der Waals surface area contributed by atoms with Crippen molar-refractivity contribution in [1.82, 2.24) is 0 Å². The number of benzene rings is 1. The number of nitrogens with one attached hydrogen (secondary N) is 1. The van der Waals surface area contributed by atoms with E-state index in [4.69, 9.17) is 4.74 Å². The maximum absolute atomic E-state index is 13.8. The van der Waals surface area contributed by atoms with Gasteiger partial charge >= 0.3 is 5.97 Å². The minimum absolute atomic E-state index is 0.134. The lowest BCUT2D eigenvalue weighted by atomic mass is 10.1. The third kappa shape index (κ3) is 3.87. The molecule has 0 heterocycles. The quantitative estimate of drug-likeness (QED) is 0.667. The Morgan fingerprint density at radius 1 is 1.38 bits per heavy atom. The molecule has 0 radical (unpaired) electrons. The second kappa shape index (κ2) is 6.03. The number of hydrogen-bond donors (Lipinski definition) is 1. The Balaban J connectivity index is 1.95. The fraction of sp³-hybridized carbons (Fsp3) is 0.400. The van der Waals surface area contributed by atoms with Crippen LogP contribution in [-0.4, -0.2) is 24.3 Å². The van der Waals surface area contributed by atoms with Gasteiger partial charge in [-0.2, -0.15) is 0 Å².